The Kier molecular flexibility index (Phi) is 7.00. The minimum Gasteiger partial charge on any atom is -0.494 e. The van der Waals surface area contributed by atoms with Gasteiger partial charge in [0.25, 0.3) is 0 Å². The van der Waals surface area contributed by atoms with Crippen LogP contribution in [0.3, 0.4) is 0 Å². The van der Waals surface area contributed by atoms with Crippen molar-refractivity contribution in [3.8, 4) is 5.75 Å². The Morgan fingerprint density at radius 2 is 1.71 bits per heavy atom. The van der Waals surface area contributed by atoms with Gasteiger partial charge >= 0.3 is 5.97 Å². The van der Waals surface area contributed by atoms with Crippen molar-refractivity contribution in [1.29, 1.82) is 0 Å². The summed E-state index contributed by atoms with van der Waals surface area (Å²) in [6.45, 7) is 2.65. The Balaban J connectivity index is 1.64. The average Bonchev–Trinajstić information content (AvgIpc) is 2.56. The lowest BCUT2D eigenvalue weighted by Gasteiger charge is -2.07. The van der Waals surface area contributed by atoms with Crippen molar-refractivity contribution in [2.45, 2.75) is 25.5 Å². The number of benzene rings is 2. The summed E-state index contributed by atoms with van der Waals surface area (Å²) in [4.78, 5) is 10.8. The first-order chi connectivity index (χ1) is 11.5. The molecule has 2 rings (SSSR count). The van der Waals surface area contributed by atoms with E-state index in [0.29, 0.717) is 18.1 Å². The molecule has 0 heterocycles. The van der Waals surface area contributed by atoms with Crippen molar-refractivity contribution < 1.29 is 18.8 Å². The van der Waals surface area contributed by atoms with Gasteiger partial charge in [-0.1, -0.05) is 29.8 Å². The van der Waals surface area contributed by atoms with Crippen LogP contribution in [0.5, 0.6) is 5.75 Å². The Hall–Kier alpha value is -2.14. The van der Waals surface area contributed by atoms with Gasteiger partial charge in [-0.15, -0.1) is 0 Å². The smallest absolute Gasteiger partial charge is 0.335 e. The lowest BCUT2D eigenvalue weighted by Crippen LogP contribution is -2.04. The fourth-order valence-electron chi connectivity index (χ4n) is 2.19. The van der Waals surface area contributed by atoms with Gasteiger partial charge in [-0.3, -0.25) is 4.21 Å². The third kappa shape index (κ3) is 6.16. The van der Waals surface area contributed by atoms with E-state index in [2.05, 4.69) is 0 Å². The number of carboxylic acids is 1. The molecular weight excluding hydrogens is 324 g/mol. The summed E-state index contributed by atoms with van der Waals surface area (Å²) in [6, 6.07) is 14.5. The molecule has 4 nitrogen and oxygen atoms in total. The van der Waals surface area contributed by atoms with Crippen molar-refractivity contribution in [2.24, 2.45) is 0 Å². The second kappa shape index (κ2) is 9.23. The van der Waals surface area contributed by atoms with E-state index in [1.54, 1.807) is 24.3 Å². The fourth-order valence-corrected chi connectivity index (χ4v) is 3.43. The number of carboxylic acid groups (broad SMARTS) is 1. The van der Waals surface area contributed by atoms with Crippen molar-refractivity contribution in [3.05, 3.63) is 65.2 Å². The van der Waals surface area contributed by atoms with Crippen molar-refractivity contribution in [1.82, 2.24) is 0 Å². The first-order valence-electron chi connectivity index (χ1n) is 7.91. The molecule has 2 aromatic carbocycles. The molecule has 0 saturated heterocycles. The summed E-state index contributed by atoms with van der Waals surface area (Å²) in [5.41, 5.74) is 2.35. The predicted molar refractivity (Wildman–Crippen MR) is 96.0 cm³/mol. The average molecular weight is 346 g/mol. The molecule has 1 unspecified atom stereocenters. The maximum absolute atomic E-state index is 12.1. The van der Waals surface area contributed by atoms with Gasteiger partial charge in [0, 0.05) is 22.3 Å². The molecule has 2 aromatic rings. The van der Waals surface area contributed by atoms with Gasteiger partial charge in [0.05, 0.1) is 12.2 Å². The molecule has 0 radical (unpaired) electrons. The molecule has 5 heteroatoms. The van der Waals surface area contributed by atoms with Crippen LogP contribution in [-0.2, 0) is 16.6 Å². The number of aryl methyl sites for hydroxylation is 1. The van der Waals surface area contributed by atoms with Crippen LogP contribution in [0.1, 0.15) is 34.3 Å². The number of rotatable bonds is 9. The highest BCUT2D eigenvalue weighted by Gasteiger charge is 2.05. The monoisotopic (exact) mass is 346 g/mol. The highest BCUT2D eigenvalue weighted by molar-refractivity contribution is 7.84. The van der Waals surface area contributed by atoms with Crippen molar-refractivity contribution in [3.63, 3.8) is 0 Å². The van der Waals surface area contributed by atoms with E-state index in [4.69, 9.17) is 9.84 Å². The molecular formula is C19H22O4S. The van der Waals surface area contributed by atoms with E-state index >= 15 is 0 Å². The normalized spacial score (nSPS) is 11.9. The Morgan fingerprint density at radius 3 is 2.33 bits per heavy atom. The zero-order valence-electron chi connectivity index (χ0n) is 13.7. The van der Waals surface area contributed by atoms with E-state index in [9.17, 15) is 9.00 Å². The number of unbranched alkanes of at least 4 members (excludes halogenated alkanes) is 1. The second-order valence-corrected chi connectivity index (χ2v) is 7.24. The van der Waals surface area contributed by atoms with Gasteiger partial charge in [0.15, 0.2) is 0 Å². The molecule has 0 aliphatic rings. The van der Waals surface area contributed by atoms with Crippen LogP contribution in [-0.4, -0.2) is 27.6 Å². The summed E-state index contributed by atoms with van der Waals surface area (Å²) in [5, 5.41) is 8.85. The predicted octanol–water partition coefficient (Wildman–Crippen LogP) is 3.80. The molecule has 1 atom stereocenters. The molecule has 0 aliphatic carbocycles. The summed E-state index contributed by atoms with van der Waals surface area (Å²) in [6.07, 6.45) is 1.70. The summed E-state index contributed by atoms with van der Waals surface area (Å²) >= 11 is 0. The van der Waals surface area contributed by atoms with Crippen LogP contribution in [0, 0.1) is 6.92 Å². The van der Waals surface area contributed by atoms with Crippen LogP contribution in [0.4, 0.5) is 0 Å². The highest BCUT2D eigenvalue weighted by Crippen LogP contribution is 2.12. The molecule has 0 fully saturated rings. The first kappa shape index (κ1) is 18.2. The third-order valence-corrected chi connectivity index (χ3v) is 4.98. The third-order valence-electron chi connectivity index (χ3n) is 3.58. The Morgan fingerprint density at radius 1 is 1.04 bits per heavy atom. The van der Waals surface area contributed by atoms with Crippen LogP contribution in [0.25, 0.3) is 0 Å². The molecule has 24 heavy (non-hydrogen) atoms. The summed E-state index contributed by atoms with van der Waals surface area (Å²) in [5.74, 6) is 0.993. The summed E-state index contributed by atoms with van der Waals surface area (Å²) in [7, 11) is -0.942. The molecule has 0 aromatic heterocycles. The largest absolute Gasteiger partial charge is 0.494 e. The SMILES string of the molecule is Cc1ccc(OCCCCS(=O)Cc2ccc(C(=O)O)cc2)cc1. The van der Waals surface area contributed by atoms with Crippen LogP contribution >= 0.6 is 0 Å². The highest BCUT2D eigenvalue weighted by atomic mass is 32.2. The van der Waals surface area contributed by atoms with E-state index in [1.165, 1.54) is 5.56 Å². The zero-order valence-corrected chi connectivity index (χ0v) is 14.6. The van der Waals surface area contributed by atoms with Gasteiger partial charge in [-0.2, -0.15) is 0 Å². The molecule has 0 spiro atoms. The lowest BCUT2D eigenvalue weighted by atomic mass is 10.1. The maximum atomic E-state index is 12.1. The molecule has 0 aliphatic heterocycles. The Bertz CT molecular complexity index is 678. The van der Waals surface area contributed by atoms with Crippen LogP contribution in [0.2, 0.25) is 0 Å². The molecule has 0 saturated carbocycles. The first-order valence-corrected chi connectivity index (χ1v) is 9.40. The Labute approximate surface area is 144 Å². The maximum Gasteiger partial charge on any atom is 0.335 e. The van der Waals surface area contributed by atoms with Gasteiger partial charge in [0.1, 0.15) is 5.75 Å². The molecule has 1 N–H and O–H groups in total. The zero-order chi connectivity index (χ0) is 17.4. The molecule has 0 amide bonds. The van der Waals surface area contributed by atoms with Gasteiger partial charge in [-0.05, 0) is 49.6 Å². The van der Waals surface area contributed by atoms with Gasteiger partial charge in [0.2, 0.25) is 0 Å². The second-order valence-electron chi connectivity index (χ2n) is 5.66. The minimum atomic E-state index is -0.948. The van der Waals surface area contributed by atoms with Crippen LogP contribution in [0.15, 0.2) is 48.5 Å². The standard InChI is InChI=1S/C19H22O4S/c1-15-4-10-18(11-5-15)23-12-2-3-13-24(22)14-16-6-8-17(9-7-16)19(20)21/h4-11H,2-3,12-14H2,1H3,(H,20,21). The number of hydrogen-bond donors (Lipinski definition) is 1. The lowest BCUT2D eigenvalue weighted by molar-refractivity contribution is 0.0697. The number of ether oxygens (including phenoxy) is 1. The molecule has 0 bridgehead atoms. The molecule has 128 valence electrons. The topological polar surface area (TPSA) is 63.6 Å². The van der Waals surface area contributed by atoms with Crippen molar-refractivity contribution >= 4 is 16.8 Å². The number of carbonyl (C=O) groups is 1. The van der Waals surface area contributed by atoms with E-state index in [1.807, 2.05) is 31.2 Å². The van der Waals surface area contributed by atoms with Crippen molar-refractivity contribution in [2.75, 3.05) is 12.4 Å². The summed E-state index contributed by atoms with van der Waals surface area (Å²) < 4.78 is 17.7. The van der Waals surface area contributed by atoms with Gasteiger partial charge < -0.3 is 9.84 Å². The quantitative estimate of drug-likeness (QED) is 0.702. The number of hydrogen-bond acceptors (Lipinski definition) is 3. The van der Waals surface area contributed by atoms with Gasteiger partial charge in [-0.25, -0.2) is 4.79 Å². The van der Waals surface area contributed by atoms with E-state index < -0.39 is 16.8 Å². The van der Waals surface area contributed by atoms with Crippen LogP contribution < -0.4 is 4.74 Å². The fraction of sp³-hybridized carbons (Fsp3) is 0.316. The van der Waals surface area contributed by atoms with E-state index in [-0.39, 0.29) is 5.56 Å². The van der Waals surface area contributed by atoms with E-state index in [0.717, 1.165) is 24.2 Å². The number of aromatic carboxylic acids is 1. The minimum absolute atomic E-state index is 0.248.